The molecule has 0 radical (unpaired) electrons. The molecule has 0 atom stereocenters. The van der Waals surface area contributed by atoms with Crippen LogP contribution in [0.2, 0.25) is 0 Å². The first kappa shape index (κ1) is 20.5. The molecule has 3 N–H and O–H groups in total. The zero-order valence-electron chi connectivity index (χ0n) is 16.4. The fourth-order valence-corrected chi connectivity index (χ4v) is 2.81. The maximum Gasteiger partial charge on any atom is 0.323 e. The van der Waals surface area contributed by atoms with Crippen LogP contribution in [0.25, 0.3) is 0 Å². The molecule has 2 rings (SSSR count). The van der Waals surface area contributed by atoms with Crippen molar-refractivity contribution in [3.05, 3.63) is 53.6 Å². The molecule has 0 aliphatic heterocycles. The van der Waals surface area contributed by atoms with Gasteiger partial charge in [-0.3, -0.25) is 9.69 Å². The molecule has 0 aliphatic carbocycles. The van der Waals surface area contributed by atoms with Gasteiger partial charge >= 0.3 is 6.03 Å². The van der Waals surface area contributed by atoms with Crippen molar-refractivity contribution in [1.82, 2.24) is 4.90 Å². The standard InChI is InChI=1S/C21H28N4O2/c1-5-25(6-2)14-19(26)24-20-15(3)12-13-18(16(20)4)23-21(27)22-17-10-8-7-9-11-17/h7-13H,5-6,14H2,1-4H3,(H,24,26)(H2,22,23,27). The number of nitrogens with zero attached hydrogens (tertiary/aromatic N) is 1. The largest absolute Gasteiger partial charge is 0.324 e. The SMILES string of the molecule is CCN(CC)CC(=O)Nc1c(C)ccc(NC(=O)Nc2ccccc2)c1C. The number of urea groups is 1. The smallest absolute Gasteiger partial charge is 0.323 e. The third-order valence-electron chi connectivity index (χ3n) is 4.48. The highest BCUT2D eigenvalue weighted by Crippen LogP contribution is 2.27. The summed E-state index contributed by atoms with van der Waals surface area (Å²) in [7, 11) is 0. The second-order valence-electron chi connectivity index (χ2n) is 6.38. The Labute approximate surface area is 161 Å². The molecule has 0 saturated heterocycles. The van der Waals surface area contributed by atoms with Gasteiger partial charge in [0.15, 0.2) is 0 Å². The molecule has 3 amide bonds. The third-order valence-corrected chi connectivity index (χ3v) is 4.48. The van der Waals surface area contributed by atoms with E-state index < -0.39 is 0 Å². The maximum absolute atomic E-state index is 12.4. The van der Waals surface area contributed by atoms with Crippen molar-refractivity contribution in [1.29, 1.82) is 0 Å². The van der Waals surface area contributed by atoms with E-state index in [0.29, 0.717) is 17.9 Å². The molecule has 0 heterocycles. The number of rotatable bonds is 7. The number of hydrogen-bond donors (Lipinski definition) is 3. The van der Waals surface area contributed by atoms with E-state index in [-0.39, 0.29) is 11.9 Å². The quantitative estimate of drug-likeness (QED) is 0.685. The van der Waals surface area contributed by atoms with Crippen LogP contribution >= 0.6 is 0 Å². The Morgan fingerprint density at radius 1 is 0.889 bits per heavy atom. The van der Waals surface area contributed by atoms with Crippen molar-refractivity contribution < 1.29 is 9.59 Å². The Morgan fingerprint density at radius 3 is 2.19 bits per heavy atom. The lowest BCUT2D eigenvalue weighted by atomic mass is 10.1. The van der Waals surface area contributed by atoms with E-state index in [1.54, 1.807) is 0 Å². The fourth-order valence-electron chi connectivity index (χ4n) is 2.81. The van der Waals surface area contributed by atoms with Gasteiger partial charge in [-0.15, -0.1) is 0 Å². The van der Waals surface area contributed by atoms with Crippen LogP contribution in [0.1, 0.15) is 25.0 Å². The van der Waals surface area contributed by atoms with Crippen LogP contribution < -0.4 is 16.0 Å². The Kier molecular flexibility index (Phi) is 7.37. The highest BCUT2D eigenvalue weighted by molar-refractivity contribution is 6.01. The van der Waals surface area contributed by atoms with Gasteiger partial charge < -0.3 is 16.0 Å². The van der Waals surface area contributed by atoms with E-state index in [1.807, 2.05) is 70.2 Å². The van der Waals surface area contributed by atoms with E-state index in [2.05, 4.69) is 20.9 Å². The summed E-state index contributed by atoms with van der Waals surface area (Å²) in [5.41, 5.74) is 3.89. The summed E-state index contributed by atoms with van der Waals surface area (Å²) in [4.78, 5) is 26.7. The van der Waals surface area contributed by atoms with E-state index in [0.717, 1.165) is 29.9 Å². The molecule has 0 bridgehead atoms. The molecule has 0 fully saturated rings. The number of carbonyl (C=O) groups is 2. The van der Waals surface area contributed by atoms with Crippen molar-refractivity contribution in [3.8, 4) is 0 Å². The number of carbonyl (C=O) groups excluding carboxylic acids is 2. The van der Waals surface area contributed by atoms with Gasteiger partial charge in [0, 0.05) is 17.1 Å². The summed E-state index contributed by atoms with van der Waals surface area (Å²) in [6.07, 6.45) is 0. The molecule has 6 heteroatoms. The molecule has 0 unspecified atom stereocenters. The first-order chi connectivity index (χ1) is 12.9. The van der Waals surface area contributed by atoms with Gasteiger partial charge in [0.25, 0.3) is 0 Å². The Morgan fingerprint density at radius 2 is 1.56 bits per heavy atom. The van der Waals surface area contributed by atoms with Crippen molar-refractivity contribution in [2.45, 2.75) is 27.7 Å². The number of likely N-dealkylation sites (N-methyl/N-ethyl adjacent to an activating group) is 1. The van der Waals surface area contributed by atoms with Gasteiger partial charge in [0.1, 0.15) is 0 Å². The van der Waals surface area contributed by atoms with Crippen LogP contribution in [-0.2, 0) is 4.79 Å². The second kappa shape index (κ2) is 9.73. The zero-order chi connectivity index (χ0) is 19.8. The minimum Gasteiger partial charge on any atom is -0.324 e. The number of para-hydroxylation sites is 1. The molecule has 27 heavy (non-hydrogen) atoms. The highest BCUT2D eigenvalue weighted by Gasteiger charge is 2.14. The van der Waals surface area contributed by atoms with E-state index in [4.69, 9.17) is 0 Å². The van der Waals surface area contributed by atoms with Gasteiger partial charge in [0.05, 0.1) is 6.54 Å². The third kappa shape index (κ3) is 5.82. The number of anilines is 3. The Balaban J connectivity index is 2.09. The van der Waals surface area contributed by atoms with E-state index in [9.17, 15) is 9.59 Å². The topological polar surface area (TPSA) is 73.5 Å². The second-order valence-corrected chi connectivity index (χ2v) is 6.38. The summed E-state index contributed by atoms with van der Waals surface area (Å²) in [6.45, 7) is 9.88. The van der Waals surface area contributed by atoms with Gasteiger partial charge in [-0.2, -0.15) is 0 Å². The van der Waals surface area contributed by atoms with Crippen molar-refractivity contribution in [3.63, 3.8) is 0 Å². The highest BCUT2D eigenvalue weighted by atomic mass is 16.2. The van der Waals surface area contributed by atoms with Crippen molar-refractivity contribution in [2.75, 3.05) is 35.6 Å². The predicted molar refractivity (Wildman–Crippen MR) is 111 cm³/mol. The molecular formula is C21H28N4O2. The maximum atomic E-state index is 12.4. The van der Waals surface area contributed by atoms with E-state index >= 15 is 0 Å². The Bertz CT molecular complexity index is 786. The minimum atomic E-state index is -0.325. The van der Waals surface area contributed by atoms with Crippen LogP contribution in [0.3, 0.4) is 0 Å². The summed E-state index contributed by atoms with van der Waals surface area (Å²) in [5.74, 6) is -0.0595. The number of nitrogens with one attached hydrogen (secondary N) is 3. The molecule has 0 aromatic heterocycles. The molecule has 144 valence electrons. The van der Waals surface area contributed by atoms with Crippen LogP contribution in [0.4, 0.5) is 21.9 Å². The number of aryl methyl sites for hydroxylation is 1. The van der Waals surface area contributed by atoms with Crippen LogP contribution in [0, 0.1) is 13.8 Å². The Hall–Kier alpha value is -2.86. The number of amides is 3. The average Bonchev–Trinajstić information content (AvgIpc) is 2.66. The number of hydrogen-bond acceptors (Lipinski definition) is 3. The van der Waals surface area contributed by atoms with Gasteiger partial charge in [0.2, 0.25) is 5.91 Å². The first-order valence-corrected chi connectivity index (χ1v) is 9.20. The monoisotopic (exact) mass is 368 g/mol. The fraction of sp³-hybridized carbons (Fsp3) is 0.333. The average molecular weight is 368 g/mol. The lowest BCUT2D eigenvalue weighted by Crippen LogP contribution is -2.33. The molecule has 0 aliphatic rings. The summed E-state index contributed by atoms with van der Waals surface area (Å²) < 4.78 is 0. The number of benzene rings is 2. The summed E-state index contributed by atoms with van der Waals surface area (Å²) in [6, 6.07) is 12.6. The van der Waals surface area contributed by atoms with E-state index in [1.165, 1.54) is 0 Å². The first-order valence-electron chi connectivity index (χ1n) is 9.20. The molecule has 6 nitrogen and oxygen atoms in total. The lowest BCUT2D eigenvalue weighted by Gasteiger charge is -2.20. The lowest BCUT2D eigenvalue weighted by molar-refractivity contribution is -0.117. The van der Waals surface area contributed by atoms with Gasteiger partial charge in [-0.1, -0.05) is 38.1 Å². The molecule has 0 saturated carbocycles. The summed E-state index contributed by atoms with van der Waals surface area (Å²) >= 11 is 0. The van der Waals surface area contributed by atoms with Crippen LogP contribution in [0.15, 0.2) is 42.5 Å². The molecule has 2 aromatic carbocycles. The minimum absolute atomic E-state index is 0.0595. The molecule has 2 aromatic rings. The summed E-state index contributed by atoms with van der Waals surface area (Å²) in [5, 5.41) is 8.63. The molecular weight excluding hydrogens is 340 g/mol. The van der Waals surface area contributed by atoms with Gasteiger partial charge in [-0.25, -0.2) is 4.79 Å². The van der Waals surface area contributed by atoms with Crippen molar-refractivity contribution in [2.24, 2.45) is 0 Å². The van der Waals surface area contributed by atoms with Crippen LogP contribution in [-0.4, -0.2) is 36.5 Å². The zero-order valence-corrected chi connectivity index (χ0v) is 16.4. The van der Waals surface area contributed by atoms with Crippen molar-refractivity contribution >= 4 is 29.0 Å². The predicted octanol–water partition coefficient (Wildman–Crippen LogP) is 4.23. The normalized spacial score (nSPS) is 10.6. The van der Waals surface area contributed by atoms with Gasteiger partial charge in [-0.05, 0) is 56.3 Å². The molecule has 0 spiro atoms. The van der Waals surface area contributed by atoms with Crippen LogP contribution in [0.5, 0.6) is 0 Å².